The second-order valence-electron chi connectivity index (χ2n) is 4.39. The molecule has 0 fully saturated rings. The van der Waals surface area contributed by atoms with Gasteiger partial charge in [-0.05, 0) is 43.6 Å². The van der Waals surface area contributed by atoms with Crippen LogP contribution in [0.25, 0.3) is 0 Å². The van der Waals surface area contributed by atoms with Gasteiger partial charge >= 0.3 is 0 Å². The number of benzene rings is 1. The first-order valence-corrected chi connectivity index (χ1v) is 8.01. The molecule has 0 unspecified atom stereocenters. The maximum Gasteiger partial charge on any atom is 0.251 e. The predicted molar refractivity (Wildman–Crippen MR) is 74.5 cm³/mol. The molecule has 20 heavy (non-hydrogen) atoms. The molecule has 0 bridgehead atoms. The highest BCUT2D eigenvalue weighted by atomic mass is 32.2. The van der Waals surface area contributed by atoms with E-state index >= 15 is 0 Å². The van der Waals surface area contributed by atoms with E-state index in [0.29, 0.717) is 0 Å². The number of halogens is 2. The molecule has 0 heterocycles. The van der Waals surface area contributed by atoms with E-state index in [1.807, 2.05) is 4.72 Å². The molecule has 2 N–H and O–H groups in total. The Kier molecular flexibility index (Phi) is 7.04. The lowest BCUT2D eigenvalue weighted by molar-refractivity contribution is 0.153. The number of hydrogen-bond donors (Lipinski definition) is 2. The Hall–Kier alpha value is -1.05. The summed E-state index contributed by atoms with van der Waals surface area (Å²) in [4.78, 5) is 0.00316. The van der Waals surface area contributed by atoms with Crippen LogP contribution in [-0.4, -0.2) is 34.5 Å². The van der Waals surface area contributed by atoms with Gasteiger partial charge in [-0.25, -0.2) is 21.9 Å². The molecule has 0 saturated carbocycles. The van der Waals surface area contributed by atoms with Crippen LogP contribution in [0.5, 0.6) is 0 Å². The van der Waals surface area contributed by atoms with Gasteiger partial charge in [-0.2, -0.15) is 0 Å². The Morgan fingerprint density at radius 2 is 1.80 bits per heavy atom. The molecule has 0 aliphatic heterocycles. The standard InChI is InChI=1S/C13H20F2N2O2S/c1-2-8-16-9-7-11-3-5-12(6-4-11)20(18,19)17-10-13(14)15/h3-6,13,16-17H,2,7-10H2,1H3. The number of nitrogens with one attached hydrogen (secondary N) is 2. The molecular weight excluding hydrogens is 286 g/mol. The monoisotopic (exact) mass is 306 g/mol. The maximum atomic E-state index is 12.0. The molecule has 114 valence electrons. The second kappa shape index (κ2) is 8.28. The quantitative estimate of drug-likeness (QED) is 0.684. The minimum atomic E-state index is -3.85. The average molecular weight is 306 g/mol. The molecule has 1 aromatic carbocycles. The Bertz CT molecular complexity index is 490. The first kappa shape index (κ1) is 17.0. The van der Waals surface area contributed by atoms with Crippen LogP contribution in [0, 0.1) is 0 Å². The third kappa shape index (κ3) is 5.94. The van der Waals surface area contributed by atoms with Gasteiger partial charge < -0.3 is 5.32 Å². The van der Waals surface area contributed by atoms with Crippen LogP contribution < -0.4 is 10.0 Å². The number of hydrogen-bond acceptors (Lipinski definition) is 3. The van der Waals surface area contributed by atoms with Crippen molar-refractivity contribution in [2.75, 3.05) is 19.6 Å². The normalized spacial score (nSPS) is 12.0. The van der Waals surface area contributed by atoms with Crippen LogP contribution >= 0.6 is 0 Å². The summed E-state index contributed by atoms with van der Waals surface area (Å²) in [5.41, 5.74) is 1.00. The van der Waals surface area contributed by atoms with Gasteiger partial charge in [-0.15, -0.1) is 0 Å². The van der Waals surface area contributed by atoms with Gasteiger partial charge in [0, 0.05) is 0 Å². The molecule has 0 aromatic heterocycles. The van der Waals surface area contributed by atoms with E-state index in [4.69, 9.17) is 0 Å². The fourth-order valence-corrected chi connectivity index (χ4v) is 2.63. The summed E-state index contributed by atoms with van der Waals surface area (Å²) in [6.45, 7) is 2.98. The van der Waals surface area contributed by atoms with Crippen molar-refractivity contribution in [3.8, 4) is 0 Å². The molecule has 0 aliphatic rings. The van der Waals surface area contributed by atoms with Crippen LogP contribution in [0.2, 0.25) is 0 Å². The fraction of sp³-hybridized carbons (Fsp3) is 0.538. The van der Waals surface area contributed by atoms with Crippen LogP contribution in [0.15, 0.2) is 29.2 Å². The Morgan fingerprint density at radius 3 is 2.35 bits per heavy atom. The van der Waals surface area contributed by atoms with Gasteiger partial charge in [0.15, 0.2) is 0 Å². The minimum absolute atomic E-state index is 0.00316. The summed E-state index contributed by atoms with van der Waals surface area (Å²) < 4.78 is 49.3. The van der Waals surface area contributed by atoms with Crippen LogP contribution in [-0.2, 0) is 16.4 Å². The number of rotatable bonds is 9. The first-order chi connectivity index (χ1) is 9.45. The average Bonchev–Trinajstić information content (AvgIpc) is 2.42. The molecule has 0 atom stereocenters. The second-order valence-corrected chi connectivity index (χ2v) is 6.15. The van der Waals surface area contributed by atoms with Crippen LogP contribution in [0.1, 0.15) is 18.9 Å². The third-order valence-electron chi connectivity index (χ3n) is 2.68. The van der Waals surface area contributed by atoms with Crippen molar-refractivity contribution in [1.29, 1.82) is 0 Å². The van der Waals surface area contributed by atoms with Crippen molar-refractivity contribution < 1.29 is 17.2 Å². The largest absolute Gasteiger partial charge is 0.316 e. The third-order valence-corrected chi connectivity index (χ3v) is 4.12. The molecule has 0 aliphatic carbocycles. The van der Waals surface area contributed by atoms with Gasteiger partial charge in [0.1, 0.15) is 0 Å². The highest BCUT2D eigenvalue weighted by Gasteiger charge is 2.15. The van der Waals surface area contributed by atoms with Crippen LogP contribution in [0.4, 0.5) is 8.78 Å². The first-order valence-electron chi connectivity index (χ1n) is 6.53. The Balaban J connectivity index is 2.57. The van der Waals surface area contributed by atoms with Crippen molar-refractivity contribution in [3.63, 3.8) is 0 Å². The molecule has 0 amide bonds. The lowest BCUT2D eigenvalue weighted by Gasteiger charge is -2.07. The van der Waals surface area contributed by atoms with E-state index in [-0.39, 0.29) is 4.90 Å². The number of alkyl halides is 2. The fourth-order valence-electron chi connectivity index (χ4n) is 1.63. The summed E-state index contributed by atoms with van der Waals surface area (Å²) in [5.74, 6) is 0. The van der Waals surface area contributed by atoms with Crippen molar-refractivity contribution in [2.45, 2.75) is 31.1 Å². The predicted octanol–water partition coefficient (Wildman–Crippen LogP) is 1.77. The summed E-state index contributed by atoms with van der Waals surface area (Å²) in [5, 5.41) is 3.25. The number of sulfonamides is 1. The topological polar surface area (TPSA) is 58.2 Å². The molecule has 0 radical (unpaired) electrons. The van der Waals surface area contributed by atoms with Crippen LogP contribution in [0.3, 0.4) is 0 Å². The molecule has 1 rings (SSSR count). The molecule has 7 heteroatoms. The van der Waals surface area contributed by atoms with Gasteiger partial charge in [0.05, 0.1) is 11.4 Å². The van der Waals surface area contributed by atoms with E-state index in [9.17, 15) is 17.2 Å². The molecular formula is C13H20F2N2O2S. The lowest BCUT2D eigenvalue weighted by Crippen LogP contribution is -2.28. The van der Waals surface area contributed by atoms with E-state index in [1.165, 1.54) is 12.1 Å². The van der Waals surface area contributed by atoms with Gasteiger partial charge in [0.25, 0.3) is 6.43 Å². The summed E-state index contributed by atoms with van der Waals surface area (Å²) in [7, 11) is -3.85. The van der Waals surface area contributed by atoms with E-state index in [1.54, 1.807) is 12.1 Å². The van der Waals surface area contributed by atoms with E-state index < -0.39 is 23.0 Å². The van der Waals surface area contributed by atoms with E-state index in [0.717, 1.165) is 31.5 Å². The van der Waals surface area contributed by atoms with Gasteiger partial charge in [-0.1, -0.05) is 19.1 Å². The van der Waals surface area contributed by atoms with Gasteiger partial charge in [-0.3, -0.25) is 0 Å². The molecule has 0 saturated heterocycles. The van der Waals surface area contributed by atoms with Crippen molar-refractivity contribution in [1.82, 2.24) is 10.0 Å². The summed E-state index contributed by atoms with van der Waals surface area (Å²) in [6, 6.07) is 6.26. The van der Waals surface area contributed by atoms with Gasteiger partial charge in [0.2, 0.25) is 10.0 Å². The van der Waals surface area contributed by atoms with Crippen molar-refractivity contribution >= 4 is 10.0 Å². The zero-order chi connectivity index (χ0) is 15.0. The Morgan fingerprint density at radius 1 is 1.15 bits per heavy atom. The summed E-state index contributed by atoms with van der Waals surface area (Å²) in [6.07, 6.45) is -0.841. The smallest absolute Gasteiger partial charge is 0.251 e. The zero-order valence-electron chi connectivity index (χ0n) is 11.4. The highest BCUT2D eigenvalue weighted by molar-refractivity contribution is 7.89. The molecule has 1 aromatic rings. The van der Waals surface area contributed by atoms with Crippen molar-refractivity contribution in [2.24, 2.45) is 0 Å². The maximum absolute atomic E-state index is 12.0. The molecule has 0 spiro atoms. The zero-order valence-corrected chi connectivity index (χ0v) is 12.2. The minimum Gasteiger partial charge on any atom is -0.316 e. The summed E-state index contributed by atoms with van der Waals surface area (Å²) >= 11 is 0. The lowest BCUT2D eigenvalue weighted by atomic mass is 10.1. The van der Waals surface area contributed by atoms with Crippen molar-refractivity contribution in [3.05, 3.63) is 29.8 Å². The SMILES string of the molecule is CCCNCCc1ccc(S(=O)(=O)NCC(F)F)cc1. The Labute approximate surface area is 118 Å². The highest BCUT2D eigenvalue weighted by Crippen LogP contribution is 2.11. The molecule has 4 nitrogen and oxygen atoms in total. The van der Waals surface area contributed by atoms with E-state index in [2.05, 4.69) is 12.2 Å².